The number of fused-ring (bicyclic) bond motifs is 1. The Labute approximate surface area is 189 Å². The second-order valence-electron chi connectivity index (χ2n) is 8.52. The van der Waals surface area contributed by atoms with E-state index < -0.39 is 10.0 Å². The number of ether oxygens (including phenoxy) is 2. The molecular weight excluding hydrogens is 428 g/mol. The van der Waals surface area contributed by atoms with Crippen LogP contribution in [0.3, 0.4) is 0 Å². The van der Waals surface area contributed by atoms with Crippen molar-refractivity contribution in [3.63, 3.8) is 0 Å². The fourth-order valence-electron chi connectivity index (χ4n) is 4.41. The molecule has 1 amide bonds. The average molecular weight is 459 g/mol. The molecule has 8 heteroatoms. The van der Waals surface area contributed by atoms with Crippen molar-refractivity contribution < 1.29 is 22.7 Å². The van der Waals surface area contributed by atoms with Crippen LogP contribution in [-0.4, -0.2) is 41.1 Å². The van der Waals surface area contributed by atoms with Crippen molar-refractivity contribution in [2.75, 3.05) is 25.7 Å². The van der Waals surface area contributed by atoms with Crippen LogP contribution in [0.15, 0.2) is 41.3 Å². The maximum atomic E-state index is 12.9. The Morgan fingerprint density at radius 1 is 1.09 bits per heavy atom. The third-order valence-corrected chi connectivity index (χ3v) is 7.88. The molecule has 1 heterocycles. The van der Waals surface area contributed by atoms with Crippen LogP contribution in [0.5, 0.6) is 11.5 Å². The topological polar surface area (TPSA) is 84.9 Å². The van der Waals surface area contributed by atoms with Crippen LogP contribution < -0.4 is 19.1 Å². The Hall–Kier alpha value is -2.58. The Balaban J connectivity index is 1.43. The van der Waals surface area contributed by atoms with Crippen LogP contribution in [0.4, 0.5) is 5.69 Å². The largest absolute Gasteiger partial charge is 0.493 e. The van der Waals surface area contributed by atoms with Crippen molar-refractivity contribution in [1.29, 1.82) is 0 Å². The summed E-state index contributed by atoms with van der Waals surface area (Å²) in [7, 11) is -0.511. The molecule has 1 saturated carbocycles. The molecule has 1 N–H and O–H groups in total. The van der Waals surface area contributed by atoms with E-state index in [0.717, 1.165) is 36.1 Å². The summed E-state index contributed by atoms with van der Waals surface area (Å²) in [6, 6.07) is 10.7. The van der Waals surface area contributed by atoms with E-state index in [9.17, 15) is 13.2 Å². The van der Waals surface area contributed by atoms with E-state index >= 15 is 0 Å². The molecule has 1 aliphatic carbocycles. The molecule has 0 unspecified atom stereocenters. The summed E-state index contributed by atoms with van der Waals surface area (Å²) in [5.41, 5.74) is 2.70. The molecule has 32 heavy (non-hydrogen) atoms. The zero-order valence-electron chi connectivity index (χ0n) is 18.8. The highest BCUT2D eigenvalue weighted by Crippen LogP contribution is 2.38. The molecular formula is C24H30N2O5S. The molecule has 1 aliphatic heterocycles. The first kappa shape index (κ1) is 22.6. The minimum absolute atomic E-state index is 0.0501. The lowest BCUT2D eigenvalue weighted by Crippen LogP contribution is -2.42. The number of hydrogen-bond donors (Lipinski definition) is 1. The van der Waals surface area contributed by atoms with E-state index in [2.05, 4.69) is 4.72 Å². The maximum absolute atomic E-state index is 12.9. The number of anilines is 1. The van der Waals surface area contributed by atoms with Crippen molar-refractivity contribution >= 4 is 21.6 Å². The van der Waals surface area contributed by atoms with Gasteiger partial charge in [0.05, 0.1) is 19.1 Å². The number of benzene rings is 2. The van der Waals surface area contributed by atoms with Gasteiger partial charge in [-0.05, 0) is 74.1 Å². The van der Waals surface area contributed by atoms with Crippen LogP contribution in [0.1, 0.15) is 37.3 Å². The number of carbonyl (C=O) groups is 1. The van der Waals surface area contributed by atoms with Crippen molar-refractivity contribution in [3.05, 3.63) is 47.5 Å². The molecule has 0 radical (unpaired) electrons. The zero-order valence-corrected chi connectivity index (χ0v) is 19.6. The van der Waals surface area contributed by atoms with Gasteiger partial charge in [-0.2, -0.15) is 0 Å². The molecule has 0 spiro atoms. The number of nitrogens with one attached hydrogen (secondary N) is 1. The molecule has 2 aliphatic rings. The van der Waals surface area contributed by atoms with Crippen LogP contribution >= 0.6 is 0 Å². The molecule has 2 aromatic rings. The monoisotopic (exact) mass is 458 g/mol. The highest BCUT2D eigenvalue weighted by molar-refractivity contribution is 7.89. The quantitative estimate of drug-likeness (QED) is 0.656. The molecule has 4 rings (SSSR count). The summed E-state index contributed by atoms with van der Waals surface area (Å²) in [6.45, 7) is 2.28. The molecule has 0 saturated heterocycles. The van der Waals surface area contributed by atoms with Crippen molar-refractivity contribution in [3.8, 4) is 11.5 Å². The summed E-state index contributed by atoms with van der Waals surface area (Å²) in [5, 5.41) is 0. The first-order chi connectivity index (χ1) is 15.3. The SMILES string of the molecule is COc1ccc(CCNS(=O)(=O)c2ccc3c(c2)C[C@@H](C)N3C(=O)C2CCC2)cc1OC. The first-order valence-corrected chi connectivity index (χ1v) is 12.5. The summed E-state index contributed by atoms with van der Waals surface area (Å²) >= 11 is 0. The maximum Gasteiger partial charge on any atom is 0.240 e. The van der Waals surface area contributed by atoms with Gasteiger partial charge in [0.25, 0.3) is 0 Å². The molecule has 0 aromatic heterocycles. The van der Waals surface area contributed by atoms with Crippen LogP contribution in [-0.2, 0) is 27.7 Å². The normalized spacial score (nSPS) is 18.2. The van der Waals surface area contributed by atoms with Crippen molar-refractivity contribution in [1.82, 2.24) is 4.72 Å². The third-order valence-electron chi connectivity index (χ3n) is 6.42. The summed E-state index contributed by atoms with van der Waals surface area (Å²) in [6.07, 6.45) is 4.20. The second kappa shape index (κ2) is 9.11. The van der Waals surface area contributed by atoms with Gasteiger partial charge in [-0.1, -0.05) is 12.5 Å². The number of amides is 1. The van der Waals surface area contributed by atoms with Crippen molar-refractivity contribution in [2.24, 2.45) is 5.92 Å². The third kappa shape index (κ3) is 4.34. The first-order valence-electron chi connectivity index (χ1n) is 11.0. The predicted octanol–water partition coefficient (Wildman–Crippen LogP) is 3.30. The van der Waals surface area contributed by atoms with Gasteiger partial charge in [-0.15, -0.1) is 0 Å². The van der Waals surface area contributed by atoms with Gasteiger partial charge >= 0.3 is 0 Å². The van der Waals surface area contributed by atoms with E-state index in [-0.39, 0.29) is 29.3 Å². The van der Waals surface area contributed by atoms with Crippen LogP contribution in [0.25, 0.3) is 0 Å². The van der Waals surface area contributed by atoms with Crippen LogP contribution in [0, 0.1) is 5.92 Å². The number of methoxy groups -OCH3 is 2. The second-order valence-corrected chi connectivity index (χ2v) is 10.3. The zero-order chi connectivity index (χ0) is 22.9. The van der Waals surface area contributed by atoms with Gasteiger partial charge in [-0.25, -0.2) is 13.1 Å². The van der Waals surface area contributed by atoms with E-state index in [0.29, 0.717) is 24.3 Å². The number of sulfonamides is 1. The molecule has 7 nitrogen and oxygen atoms in total. The lowest BCUT2D eigenvalue weighted by molar-refractivity contribution is -0.125. The average Bonchev–Trinajstić information content (AvgIpc) is 3.07. The van der Waals surface area contributed by atoms with E-state index in [1.54, 1.807) is 38.5 Å². The van der Waals surface area contributed by atoms with Gasteiger partial charge < -0.3 is 14.4 Å². The minimum Gasteiger partial charge on any atom is -0.493 e. The Kier molecular flexibility index (Phi) is 6.44. The van der Waals surface area contributed by atoms with Gasteiger partial charge in [0.15, 0.2) is 11.5 Å². The van der Waals surface area contributed by atoms with Gasteiger partial charge in [0.1, 0.15) is 0 Å². The van der Waals surface area contributed by atoms with Gasteiger partial charge in [0, 0.05) is 24.2 Å². The van der Waals surface area contributed by atoms with Crippen molar-refractivity contribution in [2.45, 2.75) is 50.0 Å². The van der Waals surface area contributed by atoms with Gasteiger partial charge in [-0.3, -0.25) is 4.79 Å². The standard InChI is InChI=1S/C24H30N2O5S/c1-16-13-19-15-20(8-9-21(19)26(16)24(27)18-5-4-6-18)32(28,29)25-12-11-17-7-10-22(30-2)23(14-17)31-3/h7-10,14-16,18,25H,4-6,11-13H2,1-3H3/t16-/m1/s1. The van der Waals surface area contributed by atoms with Crippen LogP contribution in [0.2, 0.25) is 0 Å². The summed E-state index contributed by atoms with van der Waals surface area (Å²) in [4.78, 5) is 14.9. The summed E-state index contributed by atoms with van der Waals surface area (Å²) < 4.78 is 39.0. The Morgan fingerprint density at radius 3 is 2.50 bits per heavy atom. The number of rotatable bonds is 8. The van der Waals surface area contributed by atoms with E-state index in [1.807, 2.05) is 24.0 Å². The Bertz CT molecular complexity index is 1110. The number of carbonyl (C=O) groups excluding carboxylic acids is 1. The summed E-state index contributed by atoms with van der Waals surface area (Å²) in [5.74, 6) is 1.53. The molecule has 172 valence electrons. The number of nitrogens with zero attached hydrogens (tertiary/aromatic N) is 1. The van der Waals surface area contributed by atoms with E-state index in [4.69, 9.17) is 9.47 Å². The highest BCUT2D eigenvalue weighted by atomic mass is 32.2. The molecule has 1 fully saturated rings. The molecule has 1 atom stereocenters. The molecule has 2 aromatic carbocycles. The highest BCUT2D eigenvalue weighted by Gasteiger charge is 2.37. The minimum atomic E-state index is -3.65. The lowest BCUT2D eigenvalue weighted by Gasteiger charge is -2.32. The fourth-order valence-corrected chi connectivity index (χ4v) is 5.49. The molecule has 0 bridgehead atoms. The predicted molar refractivity (Wildman–Crippen MR) is 123 cm³/mol. The smallest absolute Gasteiger partial charge is 0.240 e. The van der Waals surface area contributed by atoms with Gasteiger partial charge in [0.2, 0.25) is 15.9 Å². The lowest BCUT2D eigenvalue weighted by atomic mass is 9.84. The number of hydrogen-bond acceptors (Lipinski definition) is 5. The Morgan fingerprint density at radius 2 is 1.84 bits per heavy atom. The van der Waals surface area contributed by atoms with E-state index in [1.165, 1.54) is 0 Å². The fraction of sp³-hybridized carbons (Fsp3) is 0.458.